The van der Waals surface area contributed by atoms with Gasteiger partial charge in [0.25, 0.3) is 0 Å². The first kappa shape index (κ1) is 24.0. The second-order valence-corrected chi connectivity index (χ2v) is 8.96. The van der Waals surface area contributed by atoms with E-state index >= 15 is 0 Å². The first-order chi connectivity index (χ1) is 14.5. The Hall–Kier alpha value is -2.27. The molecule has 0 aromatic heterocycles. The summed E-state index contributed by atoms with van der Waals surface area (Å²) in [6, 6.07) is 19.7. The number of carbonyl (C=O) groups excluding carboxylic acids is 2. The fourth-order valence-electron chi connectivity index (χ4n) is 3.19. The van der Waals surface area contributed by atoms with Crippen LogP contribution in [0.25, 0.3) is 0 Å². The molecule has 0 aliphatic carbocycles. The van der Waals surface area contributed by atoms with Crippen LogP contribution in [0.1, 0.15) is 44.7 Å². The summed E-state index contributed by atoms with van der Waals surface area (Å²) in [6.45, 7) is 7.18. The molecule has 2 aromatic carbocycles. The summed E-state index contributed by atoms with van der Waals surface area (Å²) in [4.78, 5) is 27.7. The summed E-state index contributed by atoms with van der Waals surface area (Å²) >= 11 is 1.75. The number of hydrogen-bond donors (Lipinski definition) is 1. The largest absolute Gasteiger partial charge is 0.354 e. The average molecular weight is 427 g/mol. The topological polar surface area (TPSA) is 49.4 Å². The lowest BCUT2D eigenvalue weighted by molar-refractivity contribution is -0.141. The molecule has 2 rings (SSSR count). The molecule has 0 fully saturated rings. The van der Waals surface area contributed by atoms with Gasteiger partial charge in [0.1, 0.15) is 6.04 Å². The fraction of sp³-hybridized carbons (Fsp3) is 0.440. The van der Waals surface area contributed by atoms with Crippen molar-refractivity contribution >= 4 is 23.6 Å². The highest BCUT2D eigenvalue weighted by Gasteiger charge is 2.28. The van der Waals surface area contributed by atoms with Crippen LogP contribution in [0.15, 0.2) is 60.7 Å². The van der Waals surface area contributed by atoms with E-state index in [2.05, 4.69) is 31.3 Å². The van der Waals surface area contributed by atoms with Crippen molar-refractivity contribution in [1.29, 1.82) is 0 Å². The van der Waals surface area contributed by atoms with E-state index in [9.17, 15) is 9.59 Å². The lowest BCUT2D eigenvalue weighted by Gasteiger charge is -2.31. The lowest BCUT2D eigenvalue weighted by atomic mass is 10.1. The monoisotopic (exact) mass is 426 g/mol. The van der Waals surface area contributed by atoms with E-state index in [1.165, 1.54) is 5.56 Å². The van der Waals surface area contributed by atoms with Crippen molar-refractivity contribution in [2.45, 2.75) is 52.0 Å². The Labute approximate surface area is 185 Å². The highest BCUT2D eigenvalue weighted by Crippen LogP contribution is 2.17. The third-order valence-corrected chi connectivity index (χ3v) is 5.87. The Balaban J connectivity index is 2.01. The Morgan fingerprint density at radius 1 is 0.967 bits per heavy atom. The van der Waals surface area contributed by atoms with Gasteiger partial charge in [0.15, 0.2) is 0 Å². The molecule has 0 bridgehead atoms. The van der Waals surface area contributed by atoms with E-state index in [1.54, 1.807) is 16.7 Å². The maximum absolute atomic E-state index is 13.1. The van der Waals surface area contributed by atoms with Crippen LogP contribution in [-0.2, 0) is 21.9 Å². The molecule has 0 aliphatic heterocycles. The second-order valence-electron chi connectivity index (χ2n) is 7.86. The molecule has 4 nitrogen and oxygen atoms in total. The van der Waals surface area contributed by atoms with Gasteiger partial charge in [-0.05, 0) is 23.5 Å². The zero-order valence-corrected chi connectivity index (χ0v) is 19.2. The molecular formula is C25H34N2O2S. The van der Waals surface area contributed by atoms with Crippen LogP contribution in [-0.4, -0.2) is 35.1 Å². The summed E-state index contributed by atoms with van der Waals surface area (Å²) < 4.78 is 0. The Kier molecular flexibility index (Phi) is 10.5. The molecule has 0 radical (unpaired) electrons. The first-order valence-corrected chi connectivity index (χ1v) is 11.9. The fourth-order valence-corrected chi connectivity index (χ4v) is 4.08. The molecule has 2 aromatic rings. The molecule has 2 amide bonds. The summed E-state index contributed by atoms with van der Waals surface area (Å²) in [5, 5.41) is 3.00. The molecular weight excluding hydrogens is 392 g/mol. The summed E-state index contributed by atoms with van der Waals surface area (Å²) in [5.41, 5.74) is 2.30. The van der Waals surface area contributed by atoms with Crippen molar-refractivity contribution in [3.05, 3.63) is 71.8 Å². The molecule has 162 valence electrons. The van der Waals surface area contributed by atoms with E-state index in [-0.39, 0.29) is 11.8 Å². The minimum atomic E-state index is -0.449. The molecule has 0 spiro atoms. The number of nitrogens with zero attached hydrogens (tertiary/aromatic N) is 1. The summed E-state index contributed by atoms with van der Waals surface area (Å²) in [5.74, 6) is 1.97. The Morgan fingerprint density at radius 2 is 1.57 bits per heavy atom. The van der Waals surface area contributed by atoms with E-state index in [0.717, 1.165) is 17.1 Å². The van der Waals surface area contributed by atoms with Gasteiger partial charge in [0.2, 0.25) is 11.8 Å². The van der Waals surface area contributed by atoms with E-state index < -0.39 is 6.04 Å². The normalized spacial score (nSPS) is 11.9. The maximum atomic E-state index is 13.1. The number of hydrogen-bond acceptors (Lipinski definition) is 3. The SMILES string of the molecule is CC[C@@H](C(=O)NCC(C)C)N(Cc1ccccc1)C(=O)CCSCc1ccccc1. The predicted octanol–water partition coefficient (Wildman–Crippen LogP) is 4.89. The molecule has 0 saturated carbocycles. The minimum Gasteiger partial charge on any atom is -0.354 e. The molecule has 0 unspecified atom stereocenters. The predicted molar refractivity (Wildman–Crippen MR) is 126 cm³/mol. The molecule has 0 aliphatic rings. The summed E-state index contributed by atoms with van der Waals surface area (Å²) in [7, 11) is 0. The van der Waals surface area contributed by atoms with Crippen molar-refractivity contribution in [3.8, 4) is 0 Å². The van der Waals surface area contributed by atoms with Crippen molar-refractivity contribution in [3.63, 3.8) is 0 Å². The van der Waals surface area contributed by atoms with Gasteiger partial charge in [-0.15, -0.1) is 0 Å². The van der Waals surface area contributed by atoms with Crippen LogP contribution < -0.4 is 5.32 Å². The van der Waals surface area contributed by atoms with Crippen LogP contribution in [0.3, 0.4) is 0 Å². The Morgan fingerprint density at radius 3 is 2.13 bits per heavy atom. The maximum Gasteiger partial charge on any atom is 0.242 e. The van der Waals surface area contributed by atoms with Crippen molar-refractivity contribution < 1.29 is 9.59 Å². The van der Waals surface area contributed by atoms with Gasteiger partial charge in [0.05, 0.1) is 0 Å². The van der Waals surface area contributed by atoms with Crippen molar-refractivity contribution in [2.24, 2.45) is 5.92 Å². The number of carbonyl (C=O) groups is 2. The van der Waals surface area contributed by atoms with E-state index in [0.29, 0.717) is 31.8 Å². The molecule has 0 heterocycles. The number of benzene rings is 2. The Bertz CT molecular complexity index is 765. The highest BCUT2D eigenvalue weighted by atomic mass is 32.2. The van der Waals surface area contributed by atoms with Crippen LogP contribution in [0.4, 0.5) is 0 Å². The minimum absolute atomic E-state index is 0.0333. The van der Waals surface area contributed by atoms with Crippen molar-refractivity contribution in [1.82, 2.24) is 10.2 Å². The highest BCUT2D eigenvalue weighted by molar-refractivity contribution is 7.98. The number of nitrogens with one attached hydrogen (secondary N) is 1. The quantitative estimate of drug-likeness (QED) is 0.492. The summed E-state index contributed by atoms with van der Waals surface area (Å²) in [6.07, 6.45) is 1.03. The molecule has 5 heteroatoms. The second kappa shape index (κ2) is 13.1. The third kappa shape index (κ3) is 8.23. The van der Waals surface area contributed by atoms with Gasteiger partial charge in [-0.25, -0.2) is 0 Å². The zero-order chi connectivity index (χ0) is 21.8. The number of amides is 2. The van der Waals surface area contributed by atoms with E-state index in [4.69, 9.17) is 0 Å². The molecule has 0 saturated heterocycles. The molecule has 1 N–H and O–H groups in total. The van der Waals surface area contributed by atoms with Gasteiger partial charge in [-0.2, -0.15) is 11.8 Å². The average Bonchev–Trinajstić information content (AvgIpc) is 2.76. The number of rotatable bonds is 12. The smallest absolute Gasteiger partial charge is 0.242 e. The van der Waals surface area contributed by atoms with Gasteiger partial charge < -0.3 is 10.2 Å². The van der Waals surface area contributed by atoms with Crippen LogP contribution in [0.5, 0.6) is 0 Å². The van der Waals surface area contributed by atoms with Gasteiger partial charge >= 0.3 is 0 Å². The van der Waals surface area contributed by atoms with Gasteiger partial charge in [-0.3, -0.25) is 9.59 Å². The number of thioether (sulfide) groups is 1. The van der Waals surface area contributed by atoms with Crippen molar-refractivity contribution in [2.75, 3.05) is 12.3 Å². The molecule has 30 heavy (non-hydrogen) atoms. The molecule has 1 atom stereocenters. The third-order valence-electron chi connectivity index (χ3n) is 4.84. The standard InChI is InChI=1S/C25H34N2O2S/c1-4-23(25(29)26-17-20(2)3)27(18-21-11-7-5-8-12-21)24(28)15-16-30-19-22-13-9-6-10-14-22/h5-14,20,23H,4,15-19H2,1-3H3,(H,26,29)/t23-/m0/s1. The van der Waals surface area contributed by atoms with Crippen LogP contribution in [0.2, 0.25) is 0 Å². The zero-order valence-electron chi connectivity index (χ0n) is 18.3. The van der Waals surface area contributed by atoms with Gasteiger partial charge in [0, 0.05) is 31.0 Å². The lowest BCUT2D eigenvalue weighted by Crippen LogP contribution is -2.49. The van der Waals surface area contributed by atoms with Crippen LogP contribution >= 0.6 is 11.8 Å². The first-order valence-electron chi connectivity index (χ1n) is 10.7. The van der Waals surface area contributed by atoms with Gasteiger partial charge in [-0.1, -0.05) is 81.4 Å². The van der Waals surface area contributed by atoms with E-state index in [1.807, 2.05) is 55.5 Å². The van der Waals surface area contributed by atoms with Crippen LogP contribution in [0, 0.1) is 5.92 Å².